The minimum absolute atomic E-state index is 0.0264. The molecule has 96 valence electrons. The zero-order valence-corrected chi connectivity index (χ0v) is 11.7. The van der Waals surface area contributed by atoms with E-state index in [1.54, 1.807) is 17.0 Å². The molecule has 0 bridgehead atoms. The second-order valence-corrected chi connectivity index (χ2v) is 8.27. The number of fused-ring (bicyclic) bond motifs is 1. The molecule has 18 heavy (non-hydrogen) atoms. The van der Waals surface area contributed by atoms with Gasteiger partial charge in [0.25, 0.3) is 0 Å². The number of thioether (sulfide) groups is 1. The van der Waals surface area contributed by atoms with Crippen molar-refractivity contribution in [3.63, 3.8) is 0 Å². The Morgan fingerprint density at radius 3 is 2.89 bits per heavy atom. The van der Waals surface area contributed by atoms with Crippen LogP contribution in [0.15, 0.2) is 24.3 Å². The summed E-state index contributed by atoms with van der Waals surface area (Å²) < 4.78 is 23.3. The molecule has 2 heterocycles. The van der Waals surface area contributed by atoms with Gasteiger partial charge >= 0.3 is 0 Å². The van der Waals surface area contributed by atoms with Crippen LogP contribution in [-0.2, 0) is 9.84 Å². The summed E-state index contributed by atoms with van der Waals surface area (Å²) in [4.78, 5) is 1.78. The number of anilines is 1. The van der Waals surface area contributed by atoms with Crippen molar-refractivity contribution in [3.05, 3.63) is 29.3 Å². The van der Waals surface area contributed by atoms with E-state index in [2.05, 4.69) is 0 Å². The highest BCUT2D eigenvalue weighted by molar-refractivity contribution is 8.15. The number of nitrogens with one attached hydrogen (secondary N) is 1. The van der Waals surface area contributed by atoms with E-state index in [0.717, 1.165) is 5.69 Å². The van der Waals surface area contributed by atoms with E-state index in [1.165, 1.54) is 11.8 Å². The first-order valence-electron chi connectivity index (χ1n) is 5.47. The van der Waals surface area contributed by atoms with Gasteiger partial charge < -0.3 is 4.90 Å². The molecule has 2 saturated heterocycles. The van der Waals surface area contributed by atoms with Crippen LogP contribution in [0.25, 0.3) is 0 Å². The summed E-state index contributed by atoms with van der Waals surface area (Å²) in [6.07, 6.45) is 0. The van der Waals surface area contributed by atoms with Gasteiger partial charge in [0.15, 0.2) is 15.0 Å². The van der Waals surface area contributed by atoms with Crippen molar-refractivity contribution in [1.82, 2.24) is 0 Å². The number of rotatable bonds is 1. The maximum atomic E-state index is 11.7. The Morgan fingerprint density at radius 2 is 2.17 bits per heavy atom. The van der Waals surface area contributed by atoms with E-state index in [0.29, 0.717) is 10.2 Å². The third-order valence-electron chi connectivity index (χ3n) is 3.17. The number of sulfone groups is 1. The van der Waals surface area contributed by atoms with Crippen molar-refractivity contribution < 1.29 is 8.42 Å². The first-order valence-corrected chi connectivity index (χ1v) is 8.55. The summed E-state index contributed by atoms with van der Waals surface area (Å²) in [5, 5.41) is 8.96. The summed E-state index contributed by atoms with van der Waals surface area (Å²) in [5.41, 5.74) is 0.796. The van der Waals surface area contributed by atoms with Crippen molar-refractivity contribution >= 4 is 44.1 Å². The molecule has 0 unspecified atom stereocenters. The van der Waals surface area contributed by atoms with E-state index in [-0.39, 0.29) is 22.8 Å². The molecule has 2 aliphatic heterocycles. The van der Waals surface area contributed by atoms with Crippen molar-refractivity contribution in [1.29, 1.82) is 5.41 Å². The molecule has 2 aliphatic rings. The minimum Gasteiger partial charge on any atom is -0.316 e. The molecule has 1 N–H and O–H groups in total. The second kappa shape index (κ2) is 4.15. The third-order valence-corrected chi connectivity index (χ3v) is 6.54. The highest BCUT2D eigenvalue weighted by Gasteiger charge is 2.48. The van der Waals surface area contributed by atoms with Crippen molar-refractivity contribution in [2.45, 2.75) is 11.3 Å². The van der Waals surface area contributed by atoms with Gasteiger partial charge in [-0.25, -0.2) is 8.42 Å². The fraction of sp³-hybridized carbons (Fsp3) is 0.364. The number of hydrogen-bond donors (Lipinski definition) is 1. The van der Waals surface area contributed by atoms with Gasteiger partial charge in [-0.15, -0.1) is 0 Å². The molecule has 0 aliphatic carbocycles. The first-order chi connectivity index (χ1) is 8.46. The highest BCUT2D eigenvalue weighted by atomic mass is 35.5. The maximum absolute atomic E-state index is 11.7. The number of benzene rings is 1. The fourth-order valence-corrected chi connectivity index (χ4v) is 6.41. The number of nitrogens with zero attached hydrogens (tertiary/aromatic N) is 1. The largest absolute Gasteiger partial charge is 0.316 e. The van der Waals surface area contributed by atoms with Gasteiger partial charge in [-0.05, 0) is 18.2 Å². The Kier molecular flexibility index (Phi) is 2.84. The lowest BCUT2D eigenvalue weighted by molar-refractivity contribution is 0.601. The number of amidine groups is 1. The predicted octanol–water partition coefficient (Wildman–Crippen LogP) is 1.99. The Hall–Kier alpha value is -0.720. The Labute approximate surface area is 115 Å². The zero-order chi connectivity index (χ0) is 12.9. The van der Waals surface area contributed by atoms with E-state index in [9.17, 15) is 8.42 Å². The first kappa shape index (κ1) is 12.3. The van der Waals surface area contributed by atoms with E-state index < -0.39 is 9.84 Å². The average molecular weight is 303 g/mol. The molecular weight excluding hydrogens is 292 g/mol. The molecule has 7 heteroatoms. The molecular formula is C11H11ClN2O2S2. The molecule has 0 radical (unpaired) electrons. The van der Waals surface area contributed by atoms with Crippen molar-refractivity contribution in [3.8, 4) is 0 Å². The highest BCUT2D eigenvalue weighted by Crippen LogP contribution is 2.40. The van der Waals surface area contributed by atoms with Crippen LogP contribution in [-0.4, -0.2) is 36.4 Å². The lowest BCUT2D eigenvalue weighted by Gasteiger charge is -2.23. The predicted molar refractivity (Wildman–Crippen MR) is 75.5 cm³/mol. The number of hydrogen-bond acceptors (Lipinski definition) is 4. The van der Waals surface area contributed by atoms with Crippen LogP contribution in [0.3, 0.4) is 0 Å². The van der Waals surface area contributed by atoms with Crippen LogP contribution >= 0.6 is 23.4 Å². The molecule has 0 amide bonds. The second-order valence-electron chi connectivity index (χ2n) is 4.46. The number of halogens is 1. The summed E-state index contributed by atoms with van der Waals surface area (Å²) in [7, 11) is -2.97. The Balaban J connectivity index is 1.99. The molecule has 0 saturated carbocycles. The van der Waals surface area contributed by atoms with E-state index >= 15 is 0 Å². The molecule has 0 aromatic heterocycles. The van der Waals surface area contributed by atoms with Gasteiger partial charge in [0.1, 0.15) is 0 Å². The smallest absolute Gasteiger partial charge is 0.161 e. The summed E-state index contributed by atoms with van der Waals surface area (Å²) in [6.45, 7) is 0. The van der Waals surface area contributed by atoms with Crippen molar-refractivity contribution in [2.24, 2.45) is 0 Å². The van der Waals surface area contributed by atoms with Crippen LogP contribution in [0.1, 0.15) is 0 Å². The standard InChI is InChI=1S/C11H11ClN2O2S2/c12-7-2-1-3-8(4-7)14-9-5-18(15,16)6-10(9)17-11(14)13/h1-4,9-10,13H,5-6H2/t9-,10-/m1/s1. The molecule has 2 atom stereocenters. The topological polar surface area (TPSA) is 61.2 Å². The van der Waals surface area contributed by atoms with Crippen molar-refractivity contribution in [2.75, 3.05) is 16.4 Å². The molecule has 4 nitrogen and oxygen atoms in total. The lowest BCUT2D eigenvalue weighted by Crippen LogP contribution is -2.37. The van der Waals surface area contributed by atoms with E-state index in [1.807, 2.05) is 12.1 Å². The van der Waals surface area contributed by atoms with Crippen LogP contribution in [0, 0.1) is 5.41 Å². The SMILES string of the molecule is N=C1S[C@@H]2CS(=O)(=O)C[C@H]2N1c1cccc(Cl)c1. The maximum Gasteiger partial charge on any atom is 0.161 e. The third kappa shape index (κ3) is 2.02. The molecule has 3 rings (SSSR count). The van der Waals surface area contributed by atoms with E-state index in [4.69, 9.17) is 17.0 Å². The van der Waals surface area contributed by atoms with Crippen LogP contribution in [0.4, 0.5) is 5.69 Å². The van der Waals surface area contributed by atoms with Gasteiger partial charge in [0.2, 0.25) is 0 Å². The molecule has 2 fully saturated rings. The monoisotopic (exact) mass is 302 g/mol. The summed E-state index contributed by atoms with van der Waals surface area (Å²) in [6, 6.07) is 7.07. The Morgan fingerprint density at radius 1 is 1.39 bits per heavy atom. The summed E-state index contributed by atoms with van der Waals surface area (Å²) in [5.74, 6) is 0.293. The molecule has 0 spiro atoms. The van der Waals surface area contributed by atoms with Crippen LogP contribution in [0.2, 0.25) is 5.02 Å². The Bertz CT molecular complexity index is 617. The van der Waals surface area contributed by atoms with Gasteiger partial charge in [0.05, 0.1) is 17.5 Å². The van der Waals surface area contributed by atoms with Gasteiger partial charge in [0, 0.05) is 16.0 Å². The quantitative estimate of drug-likeness (QED) is 0.862. The molecule has 1 aromatic carbocycles. The van der Waals surface area contributed by atoms with Crippen LogP contribution in [0.5, 0.6) is 0 Å². The van der Waals surface area contributed by atoms with Gasteiger partial charge in [-0.1, -0.05) is 29.4 Å². The molecule has 1 aromatic rings. The van der Waals surface area contributed by atoms with Crippen LogP contribution < -0.4 is 4.90 Å². The van der Waals surface area contributed by atoms with Gasteiger partial charge in [-0.3, -0.25) is 5.41 Å². The average Bonchev–Trinajstić information content (AvgIpc) is 2.68. The fourth-order valence-electron chi connectivity index (χ4n) is 2.44. The lowest BCUT2D eigenvalue weighted by atomic mass is 10.2. The zero-order valence-electron chi connectivity index (χ0n) is 9.34. The normalized spacial score (nSPS) is 29.6. The van der Waals surface area contributed by atoms with Gasteiger partial charge in [-0.2, -0.15) is 0 Å². The summed E-state index contributed by atoms with van der Waals surface area (Å²) >= 11 is 7.28. The minimum atomic E-state index is -2.97.